The predicted octanol–water partition coefficient (Wildman–Crippen LogP) is 2.37. The van der Waals surface area contributed by atoms with E-state index < -0.39 is 0 Å². The molecule has 0 aromatic carbocycles. The highest BCUT2D eigenvalue weighted by Gasteiger charge is 1.96. The summed E-state index contributed by atoms with van der Waals surface area (Å²) in [5.74, 6) is 1.55. The summed E-state index contributed by atoms with van der Waals surface area (Å²) in [7, 11) is 0. The van der Waals surface area contributed by atoms with Gasteiger partial charge in [-0.15, -0.1) is 11.6 Å². The molecule has 4 heteroatoms. The molecule has 0 unspecified atom stereocenters. The lowest BCUT2D eigenvalue weighted by atomic mass is 10.4. The smallest absolute Gasteiger partial charge is 0.169 e. The zero-order chi connectivity index (χ0) is 8.10. The molecule has 0 atom stereocenters. The molecule has 1 N–H and O–H groups in total. The number of alkyl halides is 1. The molecule has 0 saturated carbocycles. The van der Waals surface area contributed by atoms with Gasteiger partial charge in [0, 0.05) is 12.4 Å². The Hall–Kier alpha value is 0.01000. The summed E-state index contributed by atoms with van der Waals surface area (Å²) in [6.45, 7) is 1.54. The van der Waals surface area contributed by atoms with Crippen molar-refractivity contribution in [1.29, 1.82) is 0 Å². The van der Waals surface area contributed by atoms with E-state index >= 15 is 0 Å². The number of nitrogens with one attached hydrogen (secondary N) is 1. The van der Waals surface area contributed by atoms with Crippen LogP contribution >= 0.6 is 27.5 Å². The van der Waals surface area contributed by atoms with Gasteiger partial charge in [0.15, 0.2) is 4.67 Å². The maximum atomic E-state index is 5.47. The first kappa shape index (κ1) is 9.10. The van der Waals surface area contributed by atoms with Crippen LogP contribution in [0.25, 0.3) is 0 Å². The highest BCUT2D eigenvalue weighted by molar-refractivity contribution is 9.10. The molecular weight excluding hydrogens is 229 g/mol. The third kappa shape index (κ3) is 3.27. The van der Waals surface area contributed by atoms with Crippen LogP contribution in [0.5, 0.6) is 0 Å². The SMILES string of the molecule is ClCCNCc1ccc(Br)o1. The Bertz CT molecular complexity index is 214. The molecule has 0 saturated heterocycles. The molecule has 1 heterocycles. The van der Waals surface area contributed by atoms with Crippen LogP contribution in [0.4, 0.5) is 0 Å². The van der Waals surface area contributed by atoms with Crippen LogP contribution in [-0.2, 0) is 6.54 Å². The Morgan fingerprint density at radius 3 is 2.91 bits per heavy atom. The molecule has 0 radical (unpaired) electrons. The van der Waals surface area contributed by atoms with Crippen LogP contribution in [0.1, 0.15) is 5.76 Å². The lowest BCUT2D eigenvalue weighted by Crippen LogP contribution is -2.14. The molecule has 11 heavy (non-hydrogen) atoms. The van der Waals surface area contributed by atoms with Gasteiger partial charge >= 0.3 is 0 Å². The zero-order valence-electron chi connectivity index (χ0n) is 5.94. The summed E-state index contributed by atoms with van der Waals surface area (Å²) in [5.41, 5.74) is 0. The fourth-order valence-electron chi connectivity index (χ4n) is 0.725. The molecule has 1 aromatic rings. The van der Waals surface area contributed by atoms with Crippen molar-refractivity contribution in [3.63, 3.8) is 0 Å². The molecule has 0 fully saturated rings. The first-order valence-corrected chi connectivity index (χ1v) is 4.66. The third-order valence-corrected chi connectivity index (χ3v) is 1.81. The minimum atomic E-state index is 0.627. The molecule has 0 aliphatic heterocycles. The van der Waals surface area contributed by atoms with Crippen molar-refractivity contribution in [3.8, 4) is 0 Å². The molecule has 0 spiro atoms. The van der Waals surface area contributed by atoms with Gasteiger partial charge in [-0.25, -0.2) is 0 Å². The number of rotatable bonds is 4. The summed E-state index contributed by atoms with van der Waals surface area (Å²) in [5, 5.41) is 3.12. The van der Waals surface area contributed by atoms with Crippen LogP contribution < -0.4 is 5.32 Å². The maximum absolute atomic E-state index is 5.47. The highest BCUT2D eigenvalue weighted by Crippen LogP contribution is 2.13. The molecular formula is C7H9BrClNO. The Morgan fingerprint density at radius 1 is 1.55 bits per heavy atom. The van der Waals surface area contributed by atoms with Crippen molar-refractivity contribution in [1.82, 2.24) is 5.32 Å². The van der Waals surface area contributed by atoms with E-state index in [-0.39, 0.29) is 0 Å². The molecule has 2 nitrogen and oxygen atoms in total. The summed E-state index contributed by atoms with van der Waals surface area (Å²) in [6.07, 6.45) is 0. The van der Waals surface area contributed by atoms with Gasteiger partial charge in [0.1, 0.15) is 5.76 Å². The van der Waals surface area contributed by atoms with Gasteiger partial charge in [0.05, 0.1) is 6.54 Å². The van der Waals surface area contributed by atoms with Crippen LogP contribution in [0, 0.1) is 0 Å². The summed E-state index contributed by atoms with van der Waals surface area (Å²) in [4.78, 5) is 0. The van der Waals surface area contributed by atoms with Crippen molar-refractivity contribution < 1.29 is 4.42 Å². The van der Waals surface area contributed by atoms with E-state index in [0.29, 0.717) is 5.88 Å². The normalized spacial score (nSPS) is 10.4. The van der Waals surface area contributed by atoms with E-state index in [9.17, 15) is 0 Å². The molecule has 0 bridgehead atoms. The lowest BCUT2D eigenvalue weighted by molar-refractivity contribution is 0.469. The molecule has 1 aromatic heterocycles. The van der Waals surface area contributed by atoms with E-state index in [2.05, 4.69) is 21.2 Å². The summed E-state index contributed by atoms with van der Waals surface area (Å²) >= 11 is 8.69. The zero-order valence-corrected chi connectivity index (χ0v) is 8.28. The van der Waals surface area contributed by atoms with Crippen molar-refractivity contribution in [3.05, 3.63) is 22.6 Å². The lowest BCUT2D eigenvalue weighted by Gasteiger charge is -1.96. The van der Waals surface area contributed by atoms with Crippen molar-refractivity contribution in [2.75, 3.05) is 12.4 Å². The first-order chi connectivity index (χ1) is 5.33. The van der Waals surface area contributed by atoms with E-state index in [4.69, 9.17) is 16.0 Å². The number of furan rings is 1. The third-order valence-electron chi connectivity index (χ3n) is 1.20. The highest BCUT2D eigenvalue weighted by atomic mass is 79.9. The molecule has 62 valence electrons. The van der Waals surface area contributed by atoms with Gasteiger partial charge in [0.2, 0.25) is 0 Å². The van der Waals surface area contributed by atoms with Gasteiger partial charge in [-0.05, 0) is 28.1 Å². The number of hydrogen-bond donors (Lipinski definition) is 1. The topological polar surface area (TPSA) is 25.2 Å². The summed E-state index contributed by atoms with van der Waals surface area (Å²) < 4.78 is 6.01. The van der Waals surface area contributed by atoms with Gasteiger partial charge in [-0.1, -0.05) is 0 Å². The van der Waals surface area contributed by atoms with E-state index in [0.717, 1.165) is 23.5 Å². The quantitative estimate of drug-likeness (QED) is 0.643. The Kier molecular flexibility index (Phi) is 3.97. The molecule has 1 rings (SSSR count). The first-order valence-electron chi connectivity index (χ1n) is 3.34. The Morgan fingerprint density at radius 2 is 2.36 bits per heavy atom. The maximum Gasteiger partial charge on any atom is 0.169 e. The van der Waals surface area contributed by atoms with Crippen LogP contribution in [0.2, 0.25) is 0 Å². The number of hydrogen-bond acceptors (Lipinski definition) is 2. The largest absolute Gasteiger partial charge is 0.453 e. The van der Waals surface area contributed by atoms with Gasteiger partial charge < -0.3 is 9.73 Å². The standard InChI is InChI=1S/C7H9BrClNO/c8-7-2-1-6(11-7)5-10-4-3-9/h1-2,10H,3-5H2. The number of halogens is 2. The second kappa shape index (κ2) is 4.80. The fourth-order valence-corrected chi connectivity index (χ4v) is 1.20. The Labute approximate surface area is 79.0 Å². The van der Waals surface area contributed by atoms with E-state index in [1.807, 2.05) is 12.1 Å². The van der Waals surface area contributed by atoms with Gasteiger partial charge in [-0.3, -0.25) is 0 Å². The van der Waals surface area contributed by atoms with Gasteiger partial charge in [0.25, 0.3) is 0 Å². The summed E-state index contributed by atoms with van der Waals surface area (Å²) in [6, 6.07) is 3.79. The average molecular weight is 239 g/mol. The average Bonchev–Trinajstić information content (AvgIpc) is 2.37. The van der Waals surface area contributed by atoms with Crippen molar-refractivity contribution in [2.45, 2.75) is 6.54 Å². The molecule has 0 amide bonds. The minimum absolute atomic E-state index is 0.627. The predicted molar refractivity (Wildman–Crippen MR) is 48.8 cm³/mol. The molecule has 0 aliphatic rings. The monoisotopic (exact) mass is 237 g/mol. The van der Waals surface area contributed by atoms with Crippen molar-refractivity contribution >= 4 is 27.5 Å². The van der Waals surface area contributed by atoms with E-state index in [1.54, 1.807) is 0 Å². The van der Waals surface area contributed by atoms with Crippen LogP contribution in [-0.4, -0.2) is 12.4 Å². The Balaban J connectivity index is 2.27. The second-order valence-electron chi connectivity index (χ2n) is 2.07. The van der Waals surface area contributed by atoms with E-state index in [1.165, 1.54) is 0 Å². The minimum Gasteiger partial charge on any atom is -0.453 e. The van der Waals surface area contributed by atoms with Crippen molar-refractivity contribution in [2.24, 2.45) is 0 Å². The van der Waals surface area contributed by atoms with Gasteiger partial charge in [-0.2, -0.15) is 0 Å². The molecule has 0 aliphatic carbocycles. The fraction of sp³-hybridized carbons (Fsp3) is 0.429. The second-order valence-corrected chi connectivity index (χ2v) is 3.23. The van der Waals surface area contributed by atoms with Crippen LogP contribution in [0.3, 0.4) is 0 Å². The van der Waals surface area contributed by atoms with Crippen LogP contribution in [0.15, 0.2) is 21.2 Å².